The van der Waals surface area contributed by atoms with Gasteiger partial charge in [0.1, 0.15) is 10.3 Å². The number of amides is 3. The predicted molar refractivity (Wildman–Crippen MR) is 96.7 cm³/mol. The Hall–Kier alpha value is -1.89. The fourth-order valence-corrected chi connectivity index (χ4v) is 2.89. The summed E-state index contributed by atoms with van der Waals surface area (Å²) in [4.78, 5) is 32.5. The van der Waals surface area contributed by atoms with E-state index in [1.807, 2.05) is 6.92 Å². The third kappa shape index (κ3) is 4.03. The maximum atomic E-state index is 12.2. The first kappa shape index (κ1) is 17.9. The molecule has 6 nitrogen and oxygen atoms in total. The summed E-state index contributed by atoms with van der Waals surface area (Å²) in [5.74, 6) is -0.386. The lowest BCUT2D eigenvalue weighted by Gasteiger charge is -2.13. The van der Waals surface area contributed by atoms with Gasteiger partial charge in [-0.05, 0) is 37.5 Å². The first-order valence-corrected chi connectivity index (χ1v) is 8.59. The quantitative estimate of drug-likeness (QED) is 0.740. The number of aromatic nitrogens is 2. The van der Waals surface area contributed by atoms with Crippen molar-refractivity contribution in [1.82, 2.24) is 15.3 Å². The van der Waals surface area contributed by atoms with Crippen molar-refractivity contribution in [3.05, 3.63) is 50.5 Å². The lowest BCUT2D eigenvalue weighted by molar-refractivity contribution is 0.0967. The molecule has 0 spiro atoms. The largest absolute Gasteiger partial charge is 0.326 e. The van der Waals surface area contributed by atoms with Gasteiger partial charge >= 0.3 is 6.03 Å². The van der Waals surface area contributed by atoms with Crippen LogP contribution in [0.2, 0.25) is 15.3 Å². The van der Waals surface area contributed by atoms with Crippen LogP contribution in [0.4, 0.5) is 10.5 Å². The number of nitrogens with one attached hydrogen (secondary N) is 2. The van der Waals surface area contributed by atoms with Gasteiger partial charge in [0, 0.05) is 12.1 Å². The Morgan fingerprint density at radius 3 is 2.60 bits per heavy atom. The molecule has 0 saturated heterocycles. The van der Waals surface area contributed by atoms with Crippen molar-refractivity contribution in [2.24, 2.45) is 0 Å². The topological polar surface area (TPSA) is 84.0 Å². The van der Waals surface area contributed by atoms with Crippen LogP contribution >= 0.6 is 34.8 Å². The second-order valence-electron chi connectivity index (χ2n) is 5.67. The van der Waals surface area contributed by atoms with E-state index in [-0.39, 0.29) is 20.9 Å². The van der Waals surface area contributed by atoms with Crippen LogP contribution in [-0.4, -0.2) is 21.9 Å². The van der Waals surface area contributed by atoms with E-state index in [0.717, 1.165) is 24.1 Å². The van der Waals surface area contributed by atoms with Crippen molar-refractivity contribution in [3.63, 3.8) is 0 Å². The normalized spacial score (nSPS) is 13.4. The molecule has 9 heteroatoms. The van der Waals surface area contributed by atoms with E-state index in [1.165, 1.54) is 6.07 Å². The molecule has 1 aliphatic rings. The summed E-state index contributed by atoms with van der Waals surface area (Å²) < 4.78 is 0. The zero-order valence-electron chi connectivity index (χ0n) is 13.1. The van der Waals surface area contributed by atoms with Crippen molar-refractivity contribution < 1.29 is 9.59 Å². The zero-order valence-corrected chi connectivity index (χ0v) is 15.3. The second-order valence-corrected chi connectivity index (χ2v) is 6.79. The molecule has 0 aliphatic heterocycles. The number of imide groups is 1. The Kier molecular flexibility index (Phi) is 5.13. The van der Waals surface area contributed by atoms with E-state index in [0.29, 0.717) is 11.6 Å². The van der Waals surface area contributed by atoms with E-state index < -0.39 is 11.9 Å². The van der Waals surface area contributed by atoms with Crippen LogP contribution < -0.4 is 10.6 Å². The molecule has 2 aromatic rings. The molecule has 0 aromatic carbocycles. The van der Waals surface area contributed by atoms with Gasteiger partial charge in [0.15, 0.2) is 0 Å². The van der Waals surface area contributed by atoms with Gasteiger partial charge in [-0.1, -0.05) is 34.8 Å². The van der Waals surface area contributed by atoms with E-state index in [4.69, 9.17) is 34.8 Å². The van der Waals surface area contributed by atoms with Crippen LogP contribution in [0.25, 0.3) is 0 Å². The van der Waals surface area contributed by atoms with Gasteiger partial charge in [-0.15, -0.1) is 0 Å². The first-order valence-electron chi connectivity index (χ1n) is 7.46. The van der Waals surface area contributed by atoms with Crippen LogP contribution in [0.15, 0.2) is 18.3 Å². The summed E-state index contributed by atoms with van der Waals surface area (Å²) in [5.41, 5.74) is 2.27. The van der Waals surface area contributed by atoms with Gasteiger partial charge in [0.05, 0.1) is 22.0 Å². The fraction of sp³-hybridized carbons (Fsp3) is 0.250. The minimum absolute atomic E-state index is 0.0206. The summed E-state index contributed by atoms with van der Waals surface area (Å²) >= 11 is 17.4. The van der Waals surface area contributed by atoms with Crippen LogP contribution in [0.3, 0.4) is 0 Å². The smallest absolute Gasteiger partial charge is 0.306 e. The molecule has 0 bridgehead atoms. The Morgan fingerprint density at radius 2 is 1.92 bits per heavy atom. The fourth-order valence-electron chi connectivity index (χ4n) is 2.33. The highest BCUT2D eigenvalue weighted by Gasteiger charge is 2.29. The van der Waals surface area contributed by atoms with Crippen LogP contribution in [0.1, 0.15) is 40.4 Å². The van der Waals surface area contributed by atoms with Gasteiger partial charge < -0.3 is 5.32 Å². The van der Waals surface area contributed by atoms with Gasteiger partial charge in [0.25, 0.3) is 5.91 Å². The third-order valence-electron chi connectivity index (χ3n) is 3.75. The maximum Gasteiger partial charge on any atom is 0.326 e. The first-order chi connectivity index (χ1) is 11.9. The Balaban J connectivity index is 1.75. The number of hydrogen-bond acceptors (Lipinski definition) is 4. The van der Waals surface area contributed by atoms with Crippen molar-refractivity contribution in [3.8, 4) is 0 Å². The molecular weight excluding hydrogens is 387 g/mol. The van der Waals surface area contributed by atoms with Gasteiger partial charge in [-0.2, -0.15) is 0 Å². The van der Waals surface area contributed by atoms with E-state index >= 15 is 0 Å². The lowest BCUT2D eigenvalue weighted by Crippen LogP contribution is -2.35. The van der Waals surface area contributed by atoms with Crippen molar-refractivity contribution in [1.29, 1.82) is 0 Å². The number of carbonyl (C=O) groups excluding carboxylic acids is 2. The average Bonchev–Trinajstić information content (AvgIpc) is 3.37. The molecular formula is C16H13Cl3N4O2. The summed E-state index contributed by atoms with van der Waals surface area (Å²) in [5, 5.41) is 4.80. The number of urea groups is 1. The molecule has 0 radical (unpaired) electrons. The van der Waals surface area contributed by atoms with Crippen molar-refractivity contribution >= 4 is 52.4 Å². The number of rotatable bonds is 3. The van der Waals surface area contributed by atoms with Crippen molar-refractivity contribution in [2.75, 3.05) is 5.32 Å². The molecule has 0 unspecified atom stereocenters. The van der Waals surface area contributed by atoms with E-state index in [1.54, 1.807) is 12.3 Å². The zero-order chi connectivity index (χ0) is 18.1. The molecule has 2 heterocycles. The van der Waals surface area contributed by atoms with Gasteiger partial charge in [0.2, 0.25) is 0 Å². The third-order valence-corrected chi connectivity index (χ3v) is 4.71. The highest BCUT2D eigenvalue weighted by Crippen LogP contribution is 2.42. The highest BCUT2D eigenvalue weighted by atomic mass is 35.5. The van der Waals surface area contributed by atoms with E-state index in [2.05, 4.69) is 20.6 Å². The molecule has 3 amide bonds. The lowest BCUT2D eigenvalue weighted by atomic mass is 10.1. The second kappa shape index (κ2) is 7.15. The summed E-state index contributed by atoms with van der Waals surface area (Å²) in [7, 11) is 0. The Labute approximate surface area is 158 Å². The maximum absolute atomic E-state index is 12.2. The molecule has 130 valence electrons. The number of anilines is 1. The summed E-state index contributed by atoms with van der Waals surface area (Å²) in [6, 6.07) is 2.36. The molecule has 25 heavy (non-hydrogen) atoms. The molecule has 2 aromatic heterocycles. The Morgan fingerprint density at radius 1 is 1.20 bits per heavy atom. The van der Waals surface area contributed by atoms with Crippen molar-refractivity contribution in [2.45, 2.75) is 25.7 Å². The van der Waals surface area contributed by atoms with Crippen LogP contribution in [0, 0.1) is 6.92 Å². The molecule has 3 rings (SSSR count). The molecule has 2 N–H and O–H groups in total. The average molecular weight is 400 g/mol. The van der Waals surface area contributed by atoms with Gasteiger partial charge in [-0.25, -0.2) is 9.78 Å². The summed E-state index contributed by atoms with van der Waals surface area (Å²) in [6.45, 7) is 1.87. The number of hydrogen-bond donors (Lipinski definition) is 2. The van der Waals surface area contributed by atoms with E-state index in [9.17, 15) is 9.59 Å². The molecule has 1 fully saturated rings. The Bertz CT molecular complexity index is 869. The number of halogens is 3. The van der Waals surface area contributed by atoms with Crippen LogP contribution in [-0.2, 0) is 0 Å². The van der Waals surface area contributed by atoms with Gasteiger partial charge in [-0.3, -0.25) is 15.1 Å². The molecule has 1 aliphatic carbocycles. The monoisotopic (exact) mass is 398 g/mol. The SMILES string of the molecule is Cc1ccnc(C2CC2)c1NC(=O)NC(=O)c1cc(Cl)c(Cl)nc1Cl. The molecule has 0 atom stereocenters. The predicted octanol–water partition coefficient (Wildman–Crippen LogP) is 4.58. The minimum atomic E-state index is -0.733. The standard InChI is InChI=1S/C16H13Cl3N4O2/c1-7-4-5-20-12(8-2-3-8)11(7)21-16(25)23-15(24)9-6-10(17)14(19)22-13(9)18/h4-6,8H,2-3H2,1H3,(H2,21,23,24,25). The number of aryl methyl sites for hydroxylation is 1. The highest BCUT2D eigenvalue weighted by molar-refractivity contribution is 6.42. The minimum Gasteiger partial charge on any atom is -0.306 e. The number of carbonyl (C=O) groups is 2. The number of nitrogens with zero attached hydrogens (tertiary/aromatic N) is 2. The molecule has 1 saturated carbocycles. The van der Waals surface area contributed by atoms with Crippen LogP contribution in [0.5, 0.6) is 0 Å². The number of pyridine rings is 2. The summed E-state index contributed by atoms with van der Waals surface area (Å²) in [6.07, 6.45) is 3.78.